The van der Waals surface area contributed by atoms with E-state index in [1.54, 1.807) is 12.3 Å². The number of benzene rings is 1. The third-order valence-corrected chi connectivity index (χ3v) is 5.84. The molecule has 1 amide bonds. The average molecular weight is 387 g/mol. The number of hydrogen-bond donors (Lipinski definition) is 1. The highest BCUT2D eigenvalue weighted by Crippen LogP contribution is 2.34. The standard InChI is InChI=1S/C21H26N2O3S/c1-27-19-18(9-5-12-22-19)20(25)23-13-6-10-21(15-23,16-24)11-14-26-17-7-3-2-4-8-17/h2-5,7-9,12,24H,6,10-11,13-16H2,1H3/t21-/m0/s1. The van der Waals surface area contributed by atoms with E-state index in [1.807, 2.05) is 47.6 Å². The van der Waals surface area contributed by atoms with Crippen LogP contribution in [0.25, 0.3) is 0 Å². The fourth-order valence-electron chi connectivity index (χ4n) is 3.58. The number of aromatic nitrogens is 1. The number of likely N-dealkylation sites (tertiary alicyclic amines) is 1. The van der Waals surface area contributed by atoms with E-state index >= 15 is 0 Å². The van der Waals surface area contributed by atoms with Gasteiger partial charge in [0, 0.05) is 24.7 Å². The number of rotatable bonds is 7. The van der Waals surface area contributed by atoms with Gasteiger partial charge in [-0.1, -0.05) is 18.2 Å². The minimum absolute atomic E-state index is 0.00560. The summed E-state index contributed by atoms with van der Waals surface area (Å²) >= 11 is 1.48. The first-order valence-corrected chi connectivity index (χ1v) is 10.5. The Kier molecular flexibility index (Phi) is 6.74. The molecule has 1 N–H and O–H groups in total. The zero-order chi connectivity index (χ0) is 19.1. The van der Waals surface area contributed by atoms with Crippen LogP contribution in [0.2, 0.25) is 0 Å². The van der Waals surface area contributed by atoms with Crippen molar-refractivity contribution in [1.82, 2.24) is 9.88 Å². The number of pyridine rings is 1. The molecule has 0 saturated carbocycles. The maximum atomic E-state index is 13.0. The fraction of sp³-hybridized carbons (Fsp3) is 0.429. The summed E-state index contributed by atoms with van der Waals surface area (Å²) in [6.07, 6.45) is 6.12. The van der Waals surface area contributed by atoms with Crippen molar-refractivity contribution in [2.75, 3.05) is 32.6 Å². The second-order valence-electron chi connectivity index (χ2n) is 6.96. The smallest absolute Gasteiger partial charge is 0.256 e. The molecule has 1 fully saturated rings. The lowest BCUT2D eigenvalue weighted by Gasteiger charge is -2.42. The van der Waals surface area contributed by atoms with Crippen LogP contribution in [0.15, 0.2) is 53.7 Å². The van der Waals surface area contributed by atoms with Crippen LogP contribution in [-0.2, 0) is 0 Å². The van der Waals surface area contributed by atoms with Gasteiger partial charge in [-0.25, -0.2) is 4.98 Å². The van der Waals surface area contributed by atoms with Gasteiger partial charge >= 0.3 is 0 Å². The molecule has 5 nitrogen and oxygen atoms in total. The molecule has 1 aliphatic rings. The summed E-state index contributed by atoms with van der Waals surface area (Å²) in [5.41, 5.74) is 0.323. The van der Waals surface area contributed by atoms with Gasteiger partial charge in [0.2, 0.25) is 0 Å². The van der Waals surface area contributed by atoms with Crippen molar-refractivity contribution in [2.45, 2.75) is 24.3 Å². The number of carbonyl (C=O) groups excluding carboxylic acids is 1. The average Bonchev–Trinajstić information content (AvgIpc) is 2.74. The Labute approximate surface area is 164 Å². The Balaban J connectivity index is 1.66. The molecule has 1 atom stereocenters. The summed E-state index contributed by atoms with van der Waals surface area (Å²) in [6, 6.07) is 13.3. The van der Waals surface area contributed by atoms with Gasteiger partial charge < -0.3 is 14.7 Å². The zero-order valence-electron chi connectivity index (χ0n) is 15.6. The van der Waals surface area contributed by atoms with E-state index in [0.29, 0.717) is 31.7 Å². The number of aliphatic hydroxyl groups excluding tert-OH is 1. The van der Waals surface area contributed by atoms with Gasteiger partial charge in [0.1, 0.15) is 10.8 Å². The molecule has 0 spiro atoms. The van der Waals surface area contributed by atoms with E-state index in [1.165, 1.54) is 11.8 Å². The number of piperidine rings is 1. The minimum atomic E-state index is -0.315. The lowest BCUT2D eigenvalue weighted by atomic mass is 9.78. The number of thioether (sulfide) groups is 1. The molecule has 2 heterocycles. The number of para-hydroxylation sites is 1. The summed E-state index contributed by atoms with van der Waals surface area (Å²) in [5.74, 6) is 0.822. The maximum absolute atomic E-state index is 13.0. The van der Waals surface area contributed by atoms with Crippen LogP contribution in [0.3, 0.4) is 0 Å². The Morgan fingerprint density at radius 2 is 2.11 bits per heavy atom. The molecule has 1 aromatic carbocycles. The normalized spacial score (nSPS) is 19.7. The molecule has 27 heavy (non-hydrogen) atoms. The molecular weight excluding hydrogens is 360 g/mol. The van der Waals surface area contributed by atoms with Gasteiger partial charge in [0.25, 0.3) is 5.91 Å². The molecule has 0 radical (unpaired) electrons. The highest BCUT2D eigenvalue weighted by molar-refractivity contribution is 7.98. The minimum Gasteiger partial charge on any atom is -0.494 e. The predicted molar refractivity (Wildman–Crippen MR) is 107 cm³/mol. The van der Waals surface area contributed by atoms with Crippen LogP contribution in [0.1, 0.15) is 29.6 Å². The number of aliphatic hydroxyl groups is 1. The Hall–Kier alpha value is -2.05. The van der Waals surface area contributed by atoms with Gasteiger partial charge in [-0.2, -0.15) is 0 Å². The number of nitrogens with zero attached hydrogens (tertiary/aromatic N) is 2. The summed E-state index contributed by atoms with van der Waals surface area (Å²) < 4.78 is 5.82. The molecule has 2 aromatic rings. The second kappa shape index (κ2) is 9.24. The van der Waals surface area contributed by atoms with Crippen LogP contribution in [0.5, 0.6) is 5.75 Å². The summed E-state index contributed by atoms with van der Waals surface area (Å²) in [5, 5.41) is 10.8. The van der Waals surface area contributed by atoms with Crippen molar-refractivity contribution >= 4 is 17.7 Å². The van der Waals surface area contributed by atoms with Crippen molar-refractivity contribution < 1.29 is 14.6 Å². The van der Waals surface area contributed by atoms with Crippen LogP contribution in [-0.4, -0.2) is 53.5 Å². The van der Waals surface area contributed by atoms with Crippen molar-refractivity contribution in [1.29, 1.82) is 0 Å². The molecule has 6 heteroatoms. The Bertz CT molecular complexity index is 756. The highest BCUT2D eigenvalue weighted by atomic mass is 32.2. The number of hydrogen-bond acceptors (Lipinski definition) is 5. The van der Waals surface area contributed by atoms with Crippen molar-refractivity contribution in [3.05, 3.63) is 54.2 Å². The van der Waals surface area contributed by atoms with Gasteiger partial charge in [-0.05, 0) is 49.8 Å². The van der Waals surface area contributed by atoms with Crippen LogP contribution in [0, 0.1) is 5.41 Å². The first-order chi connectivity index (χ1) is 13.2. The molecule has 1 aliphatic heterocycles. The maximum Gasteiger partial charge on any atom is 0.256 e. The van der Waals surface area contributed by atoms with Gasteiger partial charge in [-0.15, -0.1) is 11.8 Å². The van der Waals surface area contributed by atoms with E-state index in [2.05, 4.69) is 4.98 Å². The SMILES string of the molecule is CSc1ncccc1C(=O)N1CCC[C@](CO)(CCOc2ccccc2)C1. The molecule has 1 aromatic heterocycles. The summed E-state index contributed by atoms with van der Waals surface area (Å²) in [6.45, 7) is 1.83. The first-order valence-electron chi connectivity index (χ1n) is 9.24. The lowest BCUT2D eigenvalue weighted by Crippen LogP contribution is -2.48. The lowest BCUT2D eigenvalue weighted by molar-refractivity contribution is 0.0154. The number of amides is 1. The molecule has 0 aliphatic carbocycles. The van der Waals surface area contributed by atoms with E-state index < -0.39 is 0 Å². The predicted octanol–water partition coefficient (Wildman–Crippen LogP) is 3.49. The fourth-order valence-corrected chi connectivity index (χ4v) is 4.12. The Morgan fingerprint density at radius 3 is 2.85 bits per heavy atom. The third kappa shape index (κ3) is 4.82. The van der Waals surface area contributed by atoms with Crippen molar-refractivity contribution in [2.24, 2.45) is 5.41 Å². The van der Waals surface area contributed by atoms with E-state index in [4.69, 9.17) is 4.74 Å². The van der Waals surface area contributed by atoms with Crippen molar-refractivity contribution in [3.63, 3.8) is 0 Å². The highest BCUT2D eigenvalue weighted by Gasteiger charge is 2.37. The van der Waals surface area contributed by atoms with Gasteiger partial charge in [0.05, 0.1) is 18.8 Å². The van der Waals surface area contributed by atoms with E-state index in [-0.39, 0.29) is 17.9 Å². The van der Waals surface area contributed by atoms with Crippen molar-refractivity contribution in [3.8, 4) is 5.75 Å². The van der Waals surface area contributed by atoms with E-state index in [9.17, 15) is 9.90 Å². The monoisotopic (exact) mass is 386 g/mol. The molecular formula is C21H26N2O3S. The quantitative estimate of drug-likeness (QED) is 0.738. The molecule has 0 unspecified atom stereocenters. The van der Waals surface area contributed by atoms with Crippen LogP contribution in [0.4, 0.5) is 0 Å². The largest absolute Gasteiger partial charge is 0.494 e. The first kappa shape index (κ1) is 19.7. The Morgan fingerprint density at radius 1 is 1.30 bits per heavy atom. The topological polar surface area (TPSA) is 62.7 Å². The van der Waals surface area contributed by atoms with Gasteiger partial charge in [-0.3, -0.25) is 4.79 Å². The summed E-state index contributed by atoms with van der Waals surface area (Å²) in [4.78, 5) is 19.2. The van der Waals surface area contributed by atoms with Crippen LogP contribution >= 0.6 is 11.8 Å². The summed E-state index contributed by atoms with van der Waals surface area (Å²) in [7, 11) is 0. The van der Waals surface area contributed by atoms with Gasteiger partial charge in [0.15, 0.2) is 0 Å². The molecule has 144 valence electrons. The zero-order valence-corrected chi connectivity index (χ0v) is 16.5. The van der Waals surface area contributed by atoms with E-state index in [0.717, 1.165) is 23.6 Å². The van der Waals surface area contributed by atoms with Crippen LogP contribution < -0.4 is 4.74 Å². The molecule has 1 saturated heterocycles. The number of carbonyl (C=O) groups is 1. The third-order valence-electron chi connectivity index (χ3n) is 5.12. The number of ether oxygens (including phenoxy) is 1. The molecule has 3 rings (SSSR count). The second-order valence-corrected chi connectivity index (χ2v) is 7.76. The molecule has 0 bridgehead atoms.